The lowest BCUT2D eigenvalue weighted by atomic mass is 10.1. The van der Waals surface area contributed by atoms with Crippen molar-refractivity contribution in [2.45, 2.75) is 19.5 Å². The molecule has 34 heavy (non-hydrogen) atoms. The van der Waals surface area contributed by atoms with Crippen molar-refractivity contribution in [1.82, 2.24) is 19.3 Å². The van der Waals surface area contributed by atoms with Crippen LogP contribution in [0.15, 0.2) is 94.6 Å². The average Bonchev–Trinajstić information content (AvgIpc) is 3.17. The third-order valence-corrected chi connectivity index (χ3v) is 5.87. The Balaban J connectivity index is 1.68. The molecule has 0 aliphatic carbocycles. The van der Waals surface area contributed by atoms with Gasteiger partial charge in [-0.3, -0.25) is 19.7 Å². The van der Waals surface area contributed by atoms with Crippen molar-refractivity contribution in [2.24, 2.45) is 0 Å². The molecule has 0 fully saturated rings. The van der Waals surface area contributed by atoms with Crippen molar-refractivity contribution in [1.29, 1.82) is 0 Å². The summed E-state index contributed by atoms with van der Waals surface area (Å²) in [5.74, 6) is 0.721. The van der Waals surface area contributed by atoms with Gasteiger partial charge in [0.2, 0.25) is 0 Å². The Morgan fingerprint density at radius 1 is 0.882 bits per heavy atom. The zero-order chi connectivity index (χ0) is 23.5. The number of fused-ring (bicyclic) bond motifs is 1. The first kappa shape index (κ1) is 21.5. The van der Waals surface area contributed by atoms with Crippen LogP contribution < -0.4 is 15.9 Å². The quantitative estimate of drug-likeness (QED) is 0.409. The maximum absolute atomic E-state index is 13.6. The number of hydrogen-bond acceptors (Lipinski definition) is 4. The van der Waals surface area contributed by atoms with Gasteiger partial charge >= 0.3 is 0 Å². The second kappa shape index (κ2) is 9.23. The highest BCUT2D eigenvalue weighted by Gasteiger charge is 2.18. The standard InChI is InChI=1S/C27H24N4O3/c1-34-22-12-7-10-20(14-22)15-24-26-23(16-25(32)30(24)18-21-11-5-6-13-28-21)29-31(27(26)33)17-19-8-3-2-4-9-19/h2-14,16,29H,15,17-18H2,1H3. The fourth-order valence-electron chi connectivity index (χ4n) is 4.22. The number of aromatic nitrogens is 4. The molecule has 0 aliphatic rings. The van der Waals surface area contributed by atoms with E-state index in [1.54, 1.807) is 22.6 Å². The Morgan fingerprint density at radius 2 is 1.68 bits per heavy atom. The molecule has 5 rings (SSSR count). The van der Waals surface area contributed by atoms with Gasteiger partial charge in [-0.2, -0.15) is 0 Å². The molecule has 2 aromatic carbocycles. The first-order valence-electron chi connectivity index (χ1n) is 11.0. The third-order valence-electron chi connectivity index (χ3n) is 5.87. The van der Waals surface area contributed by atoms with E-state index >= 15 is 0 Å². The van der Waals surface area contributed by atoms with E-state index in [0.29, 0.717) is 29.6 Å². The zero-order valence-corrected chi connectivity index (χ0v) is 18.8. The number of ether oxygens (including phenoxy) is 1. The summed E-state index contributed by atoms with van der Waals surface area (Å²) in [5.41, 5.74) is 3.51. The minimum Gasteiger partial charge on any atom is -0.497 e. The van der Waals surface area contributed by atoms with Crippen molar-refractivity contribution in [3.8, 4) is 5.75 Å². The normalized spacial score (nSPS) is 11.1. The number of rotatable bonds is 7. The van der Waals surface area contributed by atoms with E-state index < -0.39 is 0 Å². The van der Waals surface area contributed by atoms with Gasteiger partial charge in [-0.05, 0) is 35.4 Å². The molecular weight excluding hydrogens is 428 g/mol. The molecular formula is C27H24N4O3. The van der Waals surface area contributed by atoms with E-state index in [9.17, 15) is 9.59 Å². The predicted molar refractivity (Wildman–Crippen MR) is 132 cm³/mol. The third kappa shape index (κ3) is 4.28. The van der Waals surface area contributed by atoms with Gasteiger partial charge in [-0.1, -0.05) is 48.5 Å². The number of H-pyrrole nitrogens is 1. The van der Waals surface area contributed by atoms with Crippen molar-refractivity contribution in [2.75, 3.05) is 7.11 Å². The molecule has 0 bridgehead atoms. The highest BCUT2D eigenvalue weighted by atomic mass is 16.5. The number of methoxy groups -OCH3 is 1. The second-order valence-corrected chi connectivity index (χ2v) is 8.14. The van der Waals surface area contributed by atoms with E-state index in [1.165, 1.54) is 6.07 Å². The lowest BCUT2D eigenvalue weighted by molar-refractivity contribution is 0.414. The number of nitrogens with one attached hydrogen (secondary N) is 1. The molecule has 0 atom stereocenters. The van der Waals surface area contributed by atoms with Crippen LogP contribution in [-0.2, 0) is 19.5 Å². The van der Waals surface area contributed by atoms with Gasteiger partial charge in [0.05, 0.1) is 36.8 Å². The van der Waals surface area contributed by atoms with Crippen LogP contribution >= 0.6 is 0 Å². The number of benzene rings is 2. The summed E-state index contributed by atoms with van der Waals surface area (Å²) in [5, 5.41) is 3.65. The minimum atomic E-state index is -0.191. The van der Waals surface area contributed by atoms with Crippen molar-refractivity contribution < 1.29 is 4.74 Å². The molecule has 0 spiro atoms. The summed E-state index contributed by atoms with van der Waals surface area (Å²) in [4.78, 5) is 31.2. The maximum Gasteiger partial charge on any atom is 0.276 e. The van der Waals surface area contributed by atoms with E-state index in [4.69, 9.17) is 4.74 Å². The molecule has 0 saturated carbocycles. The molecule has 170 valence electrons. The smallest absolute Gasteiger partial charge is 0.276 e. The van der Waals surface area contributed by atoms with Gasteiger partial charge in [0.1, 0.15) is 5.75 Å². The molecule has 0 aliphatic heterocycles. The monoisotopic (exact) mass is 452 g/mol. The Hall–Kier alpha value is -4.39. The van der Waals surface area contributed by atoms with Crippen LogP contribution in [0.5, 0.6) is 5.75 Å². The van der Waals surface area contributed by atoms with Gasteiger partial charge in [0.25, 0.3) is 11.1 Å². The highest BCUT2D eigenvalue weighted by Crippen LogP contribution is 2.20. The molecule has 0 radical (unpaired) electrons. The van der Waals surface area contributed by atoms with Crippen LogP contribution in [0.3, 0.4) is 0 Å². The largest absolute Gasteiger partial charge is 0.497 e. The molecule has 0 amide bonds. The highest BCUT2D eigenvalue weighted by molar-refractivity contribution is 5.80. The lowest BCUT2D eigenvalue weighted by Gasteiger charge is -2.14. The van der Waals surface area contributed by atoms with Gasteiger partial charge in [-0.15, -0.1) is 0 Å². The summed E-state index contributed by atoms with van der Waals surface area (Å²) < 4.78 is 8.57. The van der Waals surface area contributed by atoms with Crippen LogP contribution in [0.2, 0.25) is 0 Å². The van der Waals surface area contributed by atoms with Gasteiger partial charge in [0, 0.05) is 24.4 Å². The fourth-order valence-corrected chi connectivity index (χ4v) is 4.22. The van der Waals surface area contributed by atoms with Crippen LogP contribution in [0.4, 0.5) is 0 Å². The van der Waals surface area contributed by atoms with Crippen molar-refractivity contribution in [3.05, 3.63) is 128 Å². The van der Waals surface area contributed by atoms with E-state index in [2.05, 4.69) is 10.1 Å². The fraction of sp³-hybridized carbons (Fsp3) is 0.148. The van der Waals surface area contributed by atoms with Crippen LogP contribution in [0.1, 0.15) is 22.5 Å². The number of hydrogen-bond donors (Lipinski definition) is 1. The molecule has 0 saturated heterocycles. The van der Waals surface area contributed by atoms with Crippen LogP contribution in [-0.4, -0.2) is 26.4 Å². The SMILES string of the molecule is COc1cccc(Cc2c3c(=O)n(Cc4ccccc4)[nH]c3cc(=O)n2Cc2ccccn2)c1. The summed E-state index contributed by atoms with van der Waals surface area (Å²) >= 11 is 0. The molecule has 0 unspecified atom stereocenters. The Labute approximate surface area is 195 Å². The Morgan fingerprint density at radius 3 is 2.44 bits per heavy atom. The second-order valence-electron chi connectivity index (χ2n) is 8.14. The van der Waals surface area contributed by atoms with Gasteiger partial charge in [0.15, 0.2) is 0 Å². The molecule has 3 aromatic heterocycles. The Kier molecular flexibility index (Phi) is 5.82. The number of pyridine rings is 2. The average molecular weight is 453 g/mol. The molecule has 3 heterocycles. The zero-order valence-electron chi connectivity index (χ0n) is 18.8. The topological polar surface area (TPSA) is 81.9 Å². The molecule has 1 N–H and O–H groups in total. The number of nitrogens with zero attached hydrogens (tertiary/aromatic N) is 3. The number of aromatic amines is 1. The summed E-state index contributed by atoms with van der Waals surface area (Å²) in [6, 6.07) is 24.5. The first-order chi connectivity index (χ1) is 16.6. The molecule has 5 aromatic rings. The summed E-state index contributed by atoms with van der Waals surface area (Å²) in [6.07, 6.45) is 2.10. The first-order valence-corrected chi connectivity index (χ1v) is 11.0. The van der Waals surface area contributed by atoms with E-state index in [-0.39, 0.29) is 17.7 Å². The van der Waals surface area contributed by atoms with E-state index in [1.807, 2.05) is 72.8 Å². The van der Waals surface area contributed by atoms with Crippen molar-refractivity contribution in [3.63, 3.8) is 0 Å². The van der Waals surface area contributed by atoms with Gasteiger partial charge in [-0.25, -0.2) is 4.68 Å². The molecule has 7 nitrogen and oxygen atoms in total. The predicted octanol–water partition coefficient (Wildman–Crippen LogP) is 3.58. The van der Waals surface area contributed by atoms with Crippen LogP contribution in [0, 0.1) is 0 Å². The summed E-state index contributed by atoms with van der Waals surface area (Å²) in [6.45, 7) is 0.666. The Bertz CT molecular complexity index is 1550. The van der Waals surface area contributed by atoms with Gasteiger partial charge < -0.3 is 9.30 Å². The van der Waals surface area contributed by atoms with Crippen LogP contribution in [0.25, 0.3) is 10.9 Å². The molecule has 7 heteroatoms. The lowest BCUT2D eigenvalue weighted by Crippen LogP contribution is -2.26. The minimum absolute atomic E-state index is 0.161. The van der Waals surface area contributed by atoms with Crippen molar-refractivity contribution >= 4 is 10.9 Å². The summed E-state index contributed by atoms with van der Waals surface area (Å²) in [7, 11) is 1.62. The maximum atomic E-state index is 13.6. The van der Waals surface area contributed by atoms with E-state index in [0.717, 1.165) is 22.6 Å².